The summed E-state index contributed by atoms with van der Waals surface area (Å²) in [6.07, 6.45) is 9.49. The highest BCUT2D eigenvalue weighted by Crippen LogP contribution is 2.24. The van der Waals surface area contributed by atoms with E-state index in [0.29, 0.717) is 6.54 Å². The predicted octanol–water partition coefficient (Wildman–Crippen LogP) is 2.90. The molecule has 128 valence electrons. The zero-order chi connectivity index (χ0) is 16.9. The molecule has 0 unspecified atom stereocenters. The van der Waals surface area contributed by atoms with Gasteiger partial charge in [0.2, 0.25) is 0 Å². The van der Waals surface area contributed by atoms with Crippen molar-refractivity contribution < 1.29 is 4.79 Å². The van der Waals surface area contributed by atoms with Gasteiger partial charge in [-0.05, 0) is 61.3 Å². The summed E-state index contributed by atoms with van der Waals surface area (Å²) in [5, 5.41) is 10.1. The largest absolute Gasteiger partial charge is 0.338 e. The van der Waals surface area contributed by atoms with Crippen LogP contribution in [0.4, 0.5) is 4.79 Å². The third kappa shape index (κ3) is 4.16. The van der Waals surface area contributed by atoms with Gasteiger partial charge in [-0.3, -0.25) is 4.68 Å². The number of carbonyl (C=O) groups excluding carboxylic acids is 1. The Morgan fingerprint density at radius 2 is 2.08 bits per heavy atom. The van der Waals surface area contributed by atoms with Crippen molar-refractivity contribution in [1.29, 1.82) is 0 Å². The molecule has 24 heavy (non-hydrogen) atoms. The molecule has 0 saturated carbocycles. The van der Waals surface area contributed by atoms with Crippen LogP contribution in [0.15, 0.2) is 30.6 Å². The number of hydrogen-bond donors (Lipinski definition) is 2. The topological polar surface area (TPSA) is 59.0 Å². The molecule has 1 aliphatic rings. The Kier molecular flexibility index (Phi) is 5.18. The normalized spacial score (nSPS) is 14.8. The van der Waals surface area contributed by atoms with Crippen LogP contribution in [0.5, 0.6) is 0 Å². The fourth-order valence-corrected chi connectivity index (χ4v) is 3.28. The molecule has 1 atom stereocenters. The van der Waals surface area contributed by atoms with Crippen LogP contribution >= 0.6 is 0 Å². The summed E-state index contributed by atoms with van der Waals surface area (Å²) >= 11 is 0. The Bertz CT molecular complexity index is 707. The zero-order valence-corrected chi connectivity index (χ0v) is 14.5. The Balaban J connectivity index is 1.48. The quantitative estimate of drug-likeness (QED) is 0.887. The zero-order valence-electron chi connectivity index (χ0n) is 14.5. The van der Waals surface area contributed by atoms with Crippen LogP contribution in [-0.2, 0) is 26.3 Å². The van der Waals surface area contributed by atoms with E-state index in [1.165, 1.54) is 36.0 Å². The van der Waals surface area contributed by atoms with Crippen molar-refractivity contribution in [3.63, 3.8) is 0 Å². The first-order valence-corrected chi connectivity index (χ1v) is 8.75. The van der Waals surface area contributed by atoms with Crippen molar-refractivity contribution in [2.75, 3.05) is 6.54 Å². The van der Waals surface area contributed by atoms with E-state index in [4.69, 9.17) is 0 Å². The van der Waals surface area contributed by atoms with Gasteiger partial charge in [-0.2, -0.15) is 5.10 Å². The summed E-state index contributed by atoms with van der Waals surface area (Å²) in [6.45, 7) is 2.64. The standard InChI is InChI=1S/C19H26N4O/c1-14(17-8-7-16-5-3-4-6-18(16)11-17)22-19(24)20-10-9-15-12-21-23(2)13-15/h7-8,11-14H,3-6,9-10H2,1-2H3,(H2,20,22,24)/t14-/m1/s1. The van der Waals surface area contributed by atoms with E-state index in [1.807, 2.05) is 26.4 Å². The van der Waals surface area contributed by atoms with E-state index in [2.05, 4.69) is 33.9 Å². The highest BCUT2D eigenvalue weighted by molar-refractivity contribution is 5.74. The van der Waals surface area contributed by atoms with Crippen LogP contribution in [0.2, 0.25) is 0 Å². The Morgan fingerprint density at radius 3 is 2.83 bits per heavy atom. The number of nitrogens with zero attached hydrogens (tertiary/aromatic N) is 2. The third-order valence-corrected chi connectivity index (χ3v) is 4.68. The van der Waals surface area contributed by atoms with Gasteiger partial charge < -0.3 is 10.6 Å². The summed E-state index contributed by atoms with van der Waals surface area (Å²) in [5.74, 6) is 0. The Labute approximate surface area is 143 Å². The number of fused-ring (bicyclic) bond motifs is 1. The van der Waals surface area contributed by atoms with Crippen molar-refractivity contribution in [2.24, 2.45) is 7.05 Å². The smallest absolute Gasteiger partial charge is 0.315 e. The number of urea groups is 1. The minimum Gasteiger partial charge on any atom is -0.338 e. The maximum absolute atomic E-state index is 12.1. The van der Waals surface area contributed by atoms with Gasteiger partial charge in [-0.15, -0.1) is 0 Å². The second-order valence-electron chi connectivity index (χ2n) is 6.63. The average Bonchev–Trinajstić information content (AvgIpc) is 2.99. The molecule has 1 aromatic carbocycles. The van der Waals surface area contributed by atoms with Gasteiger partial charge in [0.05, 0.1) is 12.2 Å². The summed E-state index contributed by atoms with van der Waals surface area (Å²) in [6, 6.07) is 6.52. The Hall–Kier alpha value is -2.30. The van der Waals surface area contributed by atoms with Crippen LogP contribution in [-0.4, -0.2) is 22.4 Å². The molecule has 1 aliphatic carbocycles. The van der Waals surface area contributed by atoms with Crippen LogP contribution in [0.1, 0.15) is 48.1 Å². The number of nitrogens with one attached hydrogen (secondary N) is 2. The van der Waals surface area contributed by atoms with Crippen molar-refractivity contribution in [1.82, 2.24) is 20.4 Å². The molecule has 3 rings (SSSR count). The van der Waals surface area contributed by atoms with Gasteiger partial charge in [0.1, 0.15) is 0 Å². The van der Waals surface area contributed by atoms with E-state index in [-0.39, 0.29) is 12.1 Å². The maximum Gasteiger partial charge on any atom is 0.315 e. The third-order valence-electron chi connectivity index (χ3n) is 4.68. The van der Waals surface area contributed by atoms with E-state index in [0.717, 1.165) is 18.4 Å². The van der Waals surface area contributed by atoms with E-state index >= 15 is 0 Å². The number of amides is 2. The molecule has 0 radical (unpaired) electrons. The molecule has 0 fully saturated rings. The molecule has 0 aliphatic heterocycles. The number of rotatable bonds is 5. The fraction of sp³-hybridized carbons (Fsp3) is 0.474. The summed E-state index contributed by atoms with van der Waals surface area (Å²) in [7, 11) is 1.89. The summed E-state index contributed by atoms with van der Waals surface area (Å²) in [4.78, 5) is 12.1. The molecule has 1 heterocycles. The van der Waals surface area contributed by atoms with Gasteiger partial charge in [0.15, 0.2) is 0 Å². The molecule has 0 bridgehead atoms. The van der Waals surface area contributed by atoms with Crippen LogP contribution < -0.4 is 10.6 Å². The molecule has 2 amide bonds. The van der Waals surface area contributed by atoms with Crippen molar-refractivity contribution >= 4 is 6.03 Å². The van der Waals surface area contributed by atoms with E-state index in [9.17, 15) is 4.79 Å². The highest BCUT2D eigenvalue weighted by Gasteiger charge is 2.14. The molecule has 5 nitrogen and oxygen atoms in total. The lowest BCUT2D eigenvalue weighted by Crippen LogP contribution is -2.38. The number of aryl methyl sites for hydroxylation is 3. The molecular weight excluding hydrogens is 300 g/mol. The number of aromatic nitrogens is 2. The van der Waals surface area contributed by atoms with Gasteiger partial charge in [-0.25, -0.2) is 4.79 Å². The van der Waals surface area contributed by atoms with Gasteiger partial charge in [-0.1, -0.05) is 18.2 Å². The lowest BCUT2D eigenvalue weighted by molar-refractivity contribution is 0.238. The molecule has 1 aromatic heterocycles. The average molecular weight is 326 g/mol. The molecule has 5 heteroatoms. The second kappa shape index (κ2) is 7.51. The Morgan fingerprint density at radius 1 is 1.29 bits per heavy atom. The van der Waals surface area contributed by atoms with Gasteiger partial charge in [0, 0.05) is 19.8 Å². The molecule has 0 spiro atoms. The molecule has 2 N–H and O–H groups in total. The SMILES string of the molecule is C[C@@H](NC(=O)NCCc1cnn(C)c1)c1ccc2c(c1)CCCC2. The lowest BCUT2D eigenvalue weighted by atomic mass is 9.89. The second-order valence-corrected chi connectivity index (χ2v) is 6.63. The van der Waals surface area contributed by atoms with Crippen molar-refractivity contribution in [3.8, 4) is 0 Å². The van der Waals surface area contributed by atoms with E-state index in [1.54, 1.807) is 4.68 Å². The highest BCUT2D eigenvalue weighted by atomic mass is 16.2. The minimum absolute atomic E-state index is 0.00983. The summed E-state index contributed by atoms with van der Waals surface area (Å²) in [5.41, 5.74) is 5.22. The van der Waals surface area contributed by atoms with Crippen LogP contribution in [0.25, 0.3) is 0 Å². The molecular formula is C19H26N4O. The van der Waals surface area contributed by atoms with Gasteiger partial charge >= 0.3 is 6.03 Å². The maximum atomic E-state index is 12.1. The number of hydrogen-bond acceptors (Lipinski definition) is 2. The molecule has 2 aromatic rings. The van der Waals surface area contributed by atoms with Crippen molar-refractivity contribution in [2.45, 2.75) is 45.1 Å². The summed E-state index contributed by atoms with van der Waals surface area (Å²) < 4.78 is 1.77. The van der Waals surface area contributed by atoms with E-state index < -0.39 is 0 Å². The lowest BCUT2D eigenvalue weighted by Gasteiger charge is -2.20. The van der Waals surface area contributed by atoms with Gasteiger partial charge in [0.25, 0.3) is 0 Å². The molecule has 0 saturated heterocycles. The fourth-order valence-electron chi connectivity index (χ4n) is 3.28. The number of carbonyl (C=O) groups is 1. The first kappa shape index (κ1) is 16.6. The monoisotopic (exact) mass is 326 g/mol. The minimum atomic E-state index is -0.121. The van der Waals surface area contributed by atoms with Crippen LogP contribution in [0, 0.1) is 0 Å². The van der Waals surface area contributed by atoms with Crippen molar-refractivity contribution in [3.05, 3.63) is 52.8 Å². The predicted molar refractivity (Wildman–Crippen MR) is 94.9 cm³/mol. The first-order valence-electron chi connectivity index (χ1n) is 8.75. The van der Waals surface area contributed by atoms with Crippen LogP contribution in [0.3, 0.4) is 0 Å². The number of benzene rings is 1. The first-order chi connectivity index (χ1) is 11.6.